The number of alkyl halides is 7. The number of hydrogen-bond acceptors (Lipinski definition) is 2. The summed E-state index contributed by atoms with van der Waals surface area (Å²) >= 11 is -1.65. The average molecular weight is 397 g/mol. The Morgan fingerprint density at radius 2 is 1.55 bits per heavy atom. The Hall–Kier alpha value is -1.28. The van der Waals surface area contributed by atoms with Crippen LogP contribution >= 0.6 is 0 Å². The quantitative estimate of drug-likeness (QED) is 0.434. The van der Waals surface area contributed by atoms with Crippen molar-refractivity contribution < 1.29 is 40.3 Å². The molecule has 0 bridgehead atoms. The number of carbonyl (C=O) groups excluding carboxylic acids is 1. The zero-order valence-corrected chi connectivity index (χ0v) is 12.5. The molecule has 0 saturated carbocycles. The van der Waals surface area contributed by atoms with Crippen LogP contribution in [-0.2, 0) is 9.53 Å². The Kier molecular flexibility index (Phi) is 5.51. The zero-order chi connectivity index (χ0) is 17.2. The minimum absolute atomic E-state index is 0.0823. The normalized spacial score (nSPS) is 14.5. The van der Waals surface area contributed by atoms with Crippen LogP contribution in [0.5, 0.6) is 0 Å². The Bertz CT molecular complexity index is 516. The van der Waals surface area contributed by atoms with Crippen molar-refractivity contribution in [2.45, 2.75) is 29.9 Å². The zero-order valence-electron chi connectivity index (χ0n) is 10.8. The molecule has 1 aromatic carbocycles. The fourth-order valence-corrected chi connectivity index (χ4v) is 3.47. The van der Waals surface area contributed by atoms with Crippen molar-refractivity contribution in [3.05, 3.63) is 30.3 Å². The van der Waals surface area contributed by atoms with E-state index in [4.69, 9.17) is 0 Å². The van der Waals surface area contributed by atoms with Crippen molar-refractivity contribution >= 4 is 25.4 Å². The molecule has 0 aliphatic rings. The van der Waals surface area contributed by atoms with Crippen molar-refractivity contribution in [2.75, 3.05) is 0 Å². The van der Waals surface area contributed by atoms with Crippen LogP contribution in [-0.4, -0.2) is 43.9 Å². The van der Waals surface area contributed by atoms with Crippen LogP contribution in [0.2, 0.25) is 0 Å². The van der Waals surface area contributed by atoms with Crippen LogP contribution in [0.3, 0.4) is 0 Å². The molecule has 0 amide bonds. The van der Waals surface area contributed by atoms with Gasteiger partial charge in [-0.2, -0.15) is 0 Å². The molecule has 22 heavy (non-hydrogen) atoms. The van der Waals surface area contributed by atoms with Crippen molar-refractivity contribution in [2.24, 2.45) is 0 Å². The molecule has 0 aliphatic heterocycles. The van der Waals surface area contributed by atoms with Gasteiger partial charge in [-0.3, -0.25) is 0 Å². The molecular weight excluding hydrogens is 388 g/mol. The minimum atomic E-state index is -6.47. The second kappa shape index (κ2) is 6.45. The third-order valence-electron chi connectivity index (χ3n) is 2.33. The standard InChI is InChI=1S/C12H9F7O2Se/c1-7(20)21-9(22-8-5-3-2-4-6-8)10(13,14)11(15,16)12(17,18)19/h2-6,9H,1H3. The number of hydrogen-bond donors (Lipinski definition) is 0. The second-order valence-corrected chi connectivity index (χ2v) is 6.45. The first-order valence-corrected chi connectivity index (χ1v) is 7.45. The van der Waals surface area contributed by atoms with Crippen LogP contribution < -0.4 is 4.46 Å². The Morgan fingerprint density at radius 3 is 1.95 bits per heavy atom. The first-order valence-electron chi connectivity index (χ1n) is 5.61. The summed E-state index contributed by atoms with van der Waals surface area (Å²) in [5.41, 5.74) is 0. The summed E-state index contributed by atoms with van der Waals surface area (Å²) in [4.78, 5) is 10.8. The molecule has 0 heterocycles. The number of halogens is 7. The number of rotatable bonds is 5. The fraction of sp³-hybridized carbons (Fsp3) is 0.417. The van der Waals surface area contributed by atoms with Crippen LogP contribution in [0, 0.1) is 0 Å². The molecule has 10 heteroatoms. The number of esters is 1. The molecule has 1 aromatic rings. The van der Waals surface area contributed by atoms with Gasteiger partial charge in [0.15, 0.2) is 0 Å². The molecule has 2 nitrogen and oxygen atoms in total. The average Bonchev–Trinajstić information content (AvgIpc) is 2.37. The van der Waals surface area contributed by atoms with E-state index in [0.29, 0.717) is 6.92 Å². The van der Waals surface area contributed by atoms with Crippen LogP contribution in [0.4, 0.5) is 30.7 Å². The van der Waals surface area contributed by atoms with Gasteiger partial charge in [-0.05, 0) is 0 Å². The molecule has 0 spiro atoms. The van der Waals surface area contributed by atoms with Gasteiger partial charge in [0.1, 0.15) is 0 Å². The summed E-state index contributed by atoms with van der Waals surface area (Å²) in [6.45, 7) is 0.649. The van der Waals surface area contributed by atoms with Gasteiger partial charge in [-0.15, -0.1) is 0 Å². The third-order valence-corrected chi connectivity index (χ3v) is 4.74. The van der Waals surface area contributed by atoms with E-state index in [1.54, 1.807) is 0 Å². The summed E-state index contributed by atoms with van der Waals surface area (Å²) in [5, 5.41) is -2.89. The molecule has 124 valence electrons. The molecule has 0 N–H and O–H groups in total. The van der Waals surface area contributed by atoms with E-state index in [2.05, 4.69) is 4.74 Å². The Morgan fingerprint density at radius 1 is 1.05 bits per heavy atom. The van der Waals surface area contributed by atoms with Crippen molar-refractivity contribution in [3.63, 3.8) is 0 Å². The van der Waals surface area contributed by atoms with Crippen molar-refractivity contribution in [1.82, 2.24) is 0 Å². The van der Waals surface area contributed by atoms with Gasteiger partial charge in [0, 0.05) is 0 Å². The molecule has 0 radical (unpaired) electrons. The van der Waals surface area contributed by atoms with E-state index in [1.165, 1.54) is 30.3 Å². The van der Waals surface area contributed by atoms with Crippen molar-refractivity contribution in [3.8, 4) is 0 Å². The molecule has 1 unspecified atom stereocenters. The molecule has 1 atom stereocenters. The van der Waals surface area contributed by atoms with Gasteiger partial charge in [0.05, 0.1) is 0 Å². The fourth-order valence-electron chi connectivity index (χ4n) is 1.28. The molecule has 0 aromatic heterocycles. The van der Waals surface area contributed by atoms with Gasteiger partial charge in [-0.1, -0.05) is 0 Å². The van der Waals surface area contributed by atoms with E-state index >= 15 is 0 Å². The van der Waals surface area contributed by atoms with Crippen LogP contribution in [0.1, 0.15) is 6.92 Å². The molecular formula is C12H9F7O2Se. The van der Waals surface area contributed by atoms with Gasteiger partial charge < -0.3 is 0 Å². The topological polar surface area (TPSA) is 26.3 Å². The van der Waals surface area contributed by atoms with Gasteiger partial charge >= 0.3 is 126 Å². The predicted molar refractivity (Wildman–Crippen MR) is 63.3 cm³/mol. The summed E-state index contributed by atoms with van der Waals surface area (Å²) < 4.78 is 94.2. The molecule has 0 saturated heterocycles. The number of benzene rings is 1. The molecule has 0 aliphatic carbocycles. The first kappa shape index (κ1) is 18.8. The van der Waals surface area contributed by atoms with Gasteiger partial charge in [0.25, 0.3) is 0 Å². The summed E-state index contributed by atoms with van der Waals surface area (Å²) in [6.07, 6.45) is -6.47. The van der Waals surface area contributed by atoms with Gasteiger partial charge in [0.2, 0.25) is 0 Å². The van der Waals surface area contributed by atoms with E-state index in [9.17, 15) is 35.5 Å². The summed E-state index contributed by atoms with van der Waals surface area (Å²) in [7, 11) is 0. The van der Waals surface area contributed by atoms with E-state index < -0.39 is 43.9 Å². The number of carbonyl (C=O) groups is 1. The number of ether oxygens (including phenoxy) is 1. The van der Waals surface area contributed by atoms with E-state index in [0.717, 1.165) is 0 Å². The van der Waals surface area contributed by atoms with Gasteiger partial charge in [-0.25, -0.2) is 0 Å². The first-order chi connectivity index (χ1) is 9.89. The SMILES string of the molecule is CC(=O)OC([Se]c1ccccc1)C(F)(F)C(F)(F)C(F)(F)F. The Balaban J connectivity index is 3.17. The van der Waals surface area contributed by atoms with Crippen LogP contribution in [0.25, 0.3) is 0 Å². The monoisotopic (exact) mass is 398 g/mol. The molecule has 1 rings (SSSR count). The maximum atomic E-state index is 13.7. The Labute approximate surface area is 126 Å². The molecule has 0 fully saturated rings. The van der Waals surface area contributed by atoms with E-state index in [-0.39, 0.29) is 4.46 Å². The maximum absolute atomic E-state index is 13.7. The summed E-state index contributed by atoms with van der Waals surface area (Å²) in [5.74, 6) is -13.3. The second-order valence-electron chi connectivity index (χ2n) is 4.07. The van der Waals surface area contributed by atoms with Crippen LogP contribution in [0.15, 0.2) is 30.3 Å². The third kappa shape index (κ3) is 3.92. The van der Waals surface area contributed by atoms with E-state index in [1.807, 2.05) is 0 Å². The summed E-state index contributed by atoms with van der Waals surface area (Å²) in [6, 6.07) is 6.81. The van der Waals surface area contributed by atoms with Crippen molar-refractivity contribution in [1.29, 1.82) is 0 Å². The predicted octanol–water partition coefficient (Wildman–Crippen LogP) is 2.74.